The number of rotatable bonds is 3. The van der Waals surface area contributed by atoms with Gasteiger partial charge in [-0.15, -0.1) is 10.2 Å². The molecule has 18 heavy (non-hydrogen) atoms. The van der Waals surface area contributed by atoms with Crippen molar-refractivity contribution in [1.29, 1.82) is 0 Å². The van der Waals surface area contributed by atoms with Crippen molar-refractivity contribution in [2.45, 2.75) is 6.92 Å². The molecule has 0 fully saturated rings. The lowest BCUT2D eigenvalue weighted by atomic mass is 10.2. The Hall–Kier alpha value is -2.77. The van der Waals surface area contributed by atoms with Gasteiger partial charge in [-0.25, -0.2) is 4.98 Å². The quantitative estimate of drug-likeness (QED) is 0.492. The van der Waals surface area contributed by atoms with Crippen LogP contribution in [0.1, 0.15) is 5.56 Å². The predicted octanol–water partition coefficient (Wildman–Crippen LogP) is 2.75. The van der Waals surface area contributed by atoms with E-state index in [-0.39, 0.29) is 17.4 Å². The second-order valence-corrected chi connectivity index (χ2v) is 3.50. The summed E-state index contributed by atoms with van der Waals surface area (Å²) in [5.74, 6) is -0.278. The summed E-state index contributed by atoms with van der Waals surface area (Å²) in [6, 6.07) is 4.54. The van der Waals surface area contributed by atoms with E-state index in [1.54, 1.807) is 13.0 Å². The number of H-pyrrole nitrogens is 1. The highest BCUT2D eigenvalue weighted by Gasteiger charge is 2.14. The van der Waals surface area contributed by atoms with E-state index in [2.05, 4.69) is 20.2 Å². The van der Waals surface area contributed by atoms with E-state index in [1.165, 1.54) is 18.5 Å². The normalized spacial score (nSPS) is 10.9. The molecule has 0 unspecified atom stereocenters. The monoisotopic (exact) mass is 247 g/mol. The van der Waals surface area contributed by atoms with Crippen LogP contribution in [0, 0.1) is 17.0 Å². The Bertz CT molecular complexity index is 620. The van der Waals surface area contributed by atoms with Crippen LogP contribution in [0.25, 0.3) is 0 Å². The molecule has 0 atom stereocenters. The third-order valence-electron chi connectivity index (χ3n) is 2.22. The second kappa shape index (κ2) is 4.62. The Balaban J connectivity index is 2.30. The average molecular weight is 247 g/mol. The molecule has 0 saturated carbocycles. The van der Waals surface area contributed by atoms with Crippen molar-refractivity contribution in [2.24, 2.45) is 10.2 Å². The first-order valence-electron chi connectivity index (χ1n) is 4.97. The maximum Gasteiger partial charge on any atom is 0.369 e. The van der Waals surface area contributed by atoms with Gasteiger partial charge >= 0.3 is 5.82 Å². The van der Waals surface area contributed by atoms with Gasteiger partial charge in [0.05, 0.1) is 5.69 Å². The third kappa shape index (κ3) is 2.32. The van der Waals surface area contributed by atoms with Gasteiger partial charge in [-0.3, -0.25) is 0 Å². The summed E-state index contributed by atoms with van der Waals surface area (Å²) >= 11 is 0. The number of aromatic hydroxyl groups is 1. The number of aryl methyl sites for hydroxylation is 1. The summed E-state index contributed by atoms with van der Waals surface area (Å²) < 4.78 is 0. The van der Waals surface area contributed by atoms with Crippen LogP contribution in [-0.2, 0) is 0 Å². The zero-order chi connectivity index (χ0) is 13.1. The van der Waals surface area contributed by atoms with Crippen LogP contribution < -0.4 is 0 Å². The Kier molecular flexibility index (Phi) is 3.00. The number of hydrogen-bond donors (Lipinski definition) is 2. The first kappa shape index (κ1) is 11.7. The smallest absolute Gasteiger partial charge is 0.369 e. The molecule has 0 radical (unpaired) electrons. The van der Waals surface area contributed by atoms with E-state index >= 15 is 0 Å². The maximum absolute atomic E-state index is 10.6. The number of nitrogens with zero attached hydrogens (tertiary/aromatic N) is 4. The largest absolute Gasteiger partial charge is 0.508 e. The molecule has 0 spiro atoms. The summed E-state index contributed by atoms with van der Waals surface area (Å²) in [6.07, 6.45) is 1.18. The minimum Gasteiger partial charge on any atom is -0.508 e. The van der Waals surface area contributed by atoms with Crippen molar-refractivity contribution in [1.82, 2.24) is 9.97 Å². The Morgan fingerprint density at radius 1 is 1.44 bits per heavy atom. The van der Waals surface area contributed by atoms with Crippen molar-refractivity contribution in [2.75, 3.05) is 0 Å². The second-order valence-electron chi connectivity index (χ2n) is 3.50. The van der Waals surface area contributed by atoms with E-state index in [0.717, 1.165) is 0 Å². The molecule has 0 aliphatic heterocycles. The van der Waals surface area contributed by atoms with Crippen LogP contribution in [0.3, 0.4) is 0 Å². The zero-order valence-electron chi connectivity index (χ0n) is 9.36. The van der Waals surface area contributed by atoms with Crippen LogP contribution in [-0.4, -0.2) is 20.0 Å². The fourth-order valence-electron chi connectivity index (χ4n) is 1.34. The molecule has 0 aliphatic rings. The number of nitro groups is 1. The van der Waals surface area contributed by atoms with Gasteiger partial charge in [0.2, 0.25) is 0 Å². The molecule has 0 bridgehead atoms. The molecular weight excluding hydrogens is 238 g/mol. The van der Waals surface area contributed by atoms with E-state index in [9.17, 15) is 15.2 Å². The number of aromatic amines is 1. The number of imidazole rings is 1. The molecule has 1 aromatic heterocycles. The highest BCUT2D eigenvalue weighted by atomic mass is 16.6. The summed E-state index contributed by atoms with van der Waals surface area (Å²) in [5, 5.41) is 27.4. The number of hydrogen-bond acceptors (Lipinski definition) is 6. The van der Waals surface area contributed by atoms with Crippen molar-refractivity contribution in [3.63, 3.8) is 0 Å². The van der Waals surface area contributed by atoms with Gasteiger partial charge in [0, 0.05) is 0 Å². The molecule has 1 aromatic carbocycles. The minimum atomic E-state index is -0.620. The number of phenolic OH excluding ortho intramolecular Hbond substituents is 1. The van der Waals surface area contributed by atoms with Gasteiger partial charge < -0.3 is 15.2 Å². The first-order chi connectivity index (χ1) is 8.58. The van der Waals surface area contributed by atoms with Gasteiger partial charge in [0.25, 0.3) is 5.82 Å². The molecule has 8 heteroatoms. The Morgan fingerprint density at radius 3 is 2.89 bits per heavy atom. The van der Waals surface area contributed by atoms with Crippen LogP contribution in [0.2, 0.25) is 0 Å². The van der Waals surface area contributed by atoms with Crippen molar-refractivity contribution in [3.05, 3.63) is 40.2 Å². The lowest BCUT2D eigenvalue weighted by Crippen LogP contribution is -1.87. The van der Waals surface area contributed by atoms with Crippen molar-refractivity contribution >= 4 is 17.3 Å². The molecule has 2 N–H and O–H groups in total. The highest BCUT2D eigenvalue weighted by molar-refractivity contribution is 5.50. The molecule has 1 heterocycles. The number of benzene rings is 1. The summed E-state index contributed by atoms with van der Waals surface area (Å²) in [5.41, 5.74) is 1.21. The van der Waals surface area contributed by atoms with Crippen molar-refractivity contribution < 1.29 is 10.0 Å². The van der Waals surface area contributed by atoms with Crippen LogP contribution in [0.15, 0.2) is 34.8 Å². The van der Waals surface area contributed by atoms with Gasteiger partial charge in [-0.05, 0) is 35.6 Å². The van der Waals surface area contributed by atoms with E-state index in [1.807, 2.05) is 0 Å². The SMILES string of the molecule is Cc1cc(O)ccc1N=Nc1nc[nH]c1[N+](=O)[O-]. The van der Waals surface area contributed by atoms with E-state index in [4.69, 9.17) is 0 Å². The molecule has 8 nitrogen and oxygen atoms in total. The molecule has 0 aliphatic carbocycles. The lowest BCUT2D eigenvalue weighted by molar-refractivity contribution is -0.388. The van der Waals surface area contributed by atoms with Gasteiger partial charge in [0.15, 0.2) is 6.33 Å². The van der Waals surface area contributed by atoms with Crippen LogP contribution >= 0.6 is 0 Å². The molecular formula is C10H9N5O3. The number of nitrogens with one attached hydrogen (secondary N) is 1. The summed E-state index contributed by atoms with van der Waals surface area (Å²) in [6.45, 7) is 1.74. The Morgan fingerprint density at radius 2 is 2.22 bits per heavy atom. The van der Waals surface area contributed by atoms with Gasteiger partial charge in [0.1, 0.15) is 5.75 Å². The first-order valence-corrected chi connectivity index (χ1v) is 4.97. The van der Waals surface area contributed by atoms with Crippen molar-refractivity contribution in [3.8, 4) is 5.75 Å². The molecule has 2 aromatic rings. The predicted molar refractivity (Wildman–Crippen MR) is 62.3 cm³/mol. The van der Waals surface area contributed by atoms with Crippen LogP contribution in [0.4, 0.5) is 17.3 Å². The number of phenols is 1. The van der Waals surface area contributed by atoms with Gasteiger partial charge in [-0.2, -0.15) is 4.98 Å². The highest BCUT2D eigenvalue weighted by Crippen LogP contribution is 2.27. The fraction of sp³-hybridized carbons (Fsp3) is 0.100. The molecule has 0 amide bonds. The lowest BCUT2D eigenvalue weighted by Gasteiger charge is -1.98. The van der Waals surface area contributed by atoms with Crippen LogP contribution in [0.5, 0.6) is 5.75 Å². The minimum absolute atomic E-state index is 0.0903. The summed E-state index contributed by atoms with van der Waals surface area (Å²) in [4.78, 5) is 16.0. The Labute approximate surface area is 101 Å². The van der Waals surface area contributed by atoms with Gasteiger partial charge in [-0.1, -0.05) is 0 Å². The third-order valence-corrected chi connectivity index (χ3v) is 2.22. The standard InChI is InChI=1S/C10H9N5O3/c1-6-4-7(16)2-3-8(6)13-14-9-10(15(17)18)12-5-11-9/h2-5,16H,1H3,(H,11,12). The topological polar surface area (TPSA) is 117 Å². The molecule has 0 saturated heterocycles. The van der Waals surface area contributed by atoms with E-state index in [0.29, 0.717) is 11.3 Å². The van der Waals surface area contributed by atoms with E-state index < -0.39 is 4.92 Å². The molecule has 92 valence electrons. The summed E-state index contributed by atoms with van der Waals surface area (Å²) in [7, 11) is 0. The number of aromatic nitrogens is 2. The average Bonchev–Trinajstić information content (AvgIpc) is 2.76. The zero-order valence-corrected chi connectivity index (χ0v) is 9.36. The molecule has 2 rings (SSSR count). The fourth-order valence-corrected chi connectivity index (χ4v) is 1.34. The number of azo groups is 1. The maximum atomic E-state index is 10.6.